The highest BCUT2D eigenvalue weighted by Gasteiger charge is 2.18. The number of aryl methyl sites for hydroxylation is 2. The Morgan fingerprint density at radius 1 is 1.07 bits per heavy atom. The van der Waals surface area contributed by atoms with Gasteiger partial charge in [-0.3, -0.25) is 10.1 Å². The summed E-state index contributed by atoms with van der Waals surface area (Å²) in [4.78, 5) is 22.7. The van der Waals surface area contributed by atoms with Crippen LogP contribution in [0.25, 0.3) is 0 Å². The second-order valence-electron chi connectivity index (χ2n) is 6.28. The van der Waals surface area contributed by atoms with Gasteiger partial charge in [0.15, 0.2) is 21.8 Å². The Hall–Kier alpha value is -2.65. The lowest BCUT2D eigenvalue weighted by Crippen LogP contribution is -2.12. The quantitative estimate of drug-likeness (QED) is 0.616. The van der Waals surface area contributed by atoms with E-state index in [1.807, 2.05) is 18.2 Å². The second kappa shape index (κ2) is 8.15. The lowest BCUT2D eigenvalue weighted by molar-refractivity contribution is 0.102. The molecule has 0 spiro atoms. The summed E-state index contributed by atoms with van der Waals surface area (Å²) in [7, 11) is 3.18. The minimum Gasteiger partial charge on any atom is -0.493 e. The lowest BCUT2D eigenvalue weighted by atomic mass is 10.0. The molecule has 28 heavy (non-hydrogen) atoms. The van der Waals surface area contributed by atoms with Gasteiger partial charge in [-0.25, -0.2) is 9.97 Å². The molecule has 7 nitrogen and oxygen atoms in total. The molecule has 9 heteroatoms. The van der Waals surface area contributed by atoms with Crippen molar-refractivity contribution in [1.29, 1.82) is 0 Å². The molecule has 1 aliphatic carbocycles. The van der Waals surface area contributed by atoms with E-state index in [4.69, 9.17) is 9.47 Å². The number of carbonyl (C=O) groups is 1. The highest BCUT2D eigenvalue weighted by atomic mass is 32.1. The van der Waals surface area contributed by atoms with Crippen molar-refractivity contribution in [3.63, 3.8) is 0 Å². The second-order valence-corrected chi connectivity index (χ2v) is 8.22. The van der Waals surface area contributed by atoms with E-state index in [1.54, 1.807) is 30.9 Å². The van der Waals surface area contributed by atoms with E-state index in [0.29, 0.717) is 27.5 Å². The fourth-order valence-corrected chi connectivity index (χ4v) is 4.80. The topological polar surface area (TPSA) is 85.4 Å². The van der Waals surface area contributed by atoms with Crippen LogP contribution in [0.5, 0.6) is 11.5 Å². The number of nitrogens with one attached hydrogen (secondary N) is 2. The Labute approximate surface area is 170 Å². The summed E-state index contributed by atoms with van der Waals surface area (Å²) in [5, 5.41) is 9.06. The maximum atomic E-state index is 12.5. The molecular formula is C19H20N4O3S2. The van der Waals surface area contributed by atoms with Crippen molar-refractivity contribution in [3.8, 4) is 11.5 Å². The van der Waals surface area contributed by atoms with E-state index in [9.17, 15) is 4.79 Å². The van der Waals surface area contributed by atoms with Gasteiger partial charge in [-0.05, 0) is 37.8 Å². The largest absolute Gasteiger partial charge is 0.493 e. The van der Waals surface area contributed by atoms with Crippen molar-refractivity contribution in [2.24, 2.45) is 0 Å². The van der Waals surface area contributed by atoms with Crippen LogP contribution in [0.1, 0.15) is 33.9 Å². The van der Waals surface area contributed by atoms with E-state index < -0.39 is 0 Å². The molecule has 0 fully saturated rings. The Bertz CT molecular complexity index is 975. The molecule has 2 N–H and O–H groups in total. The summed E-state index contributed by atoms with van der Waals surface area (Å²) in [6, 6.07) is 5.50. The van der Waals surface area contributed by atoms with Gasteiger partial charge in [-0.15, -0.1) is 22.7 Å². The van der Waals surface area contributed by atoms with E-state index in [0.717, 1.165) is 24.2 Å². The Morgan fingerprint density at radius 3 is 2.68 bits per heavy atom. The number of benzene rings is 1. The molecule has 3 aromatic rings. The highest BCUT2D eigenvalue weighted by Crippen LogP contribution is 2.32. The number of hydrogen-bond donors (Lipinski definition) is 2. The van der Waals surface area contributed by atoms with E-state index >= 15 is 0 Å². The van der Waals surface area contributed by atoms with Gasteiger partial charge in [0.25, 0.3) is 5.91 Å². The summed E-state index contributed by atoms with van der Waals surface area (Å²) in [5.74, 6) is 1.02. The molecule has 146 valence electrons. The first kappa shape index (κ1) is 18.7. The molecule has 0 aliphatic heterocycles. The first-order valence-corrected chi connectivity index (χ1v) is 10.6. The fourth-order valence-electron chi connectivity index (χ4n) is 3.04. The van der Waals surface area contributed by atoms with Crippen LogP contribution < -0.4 is 20.1 Å². The summed E-state index contributed by atoms with van der Waals surface area (Å²) in [6.07, 6.45) is 4.41. The summed E-state index contributed by atoms with van der Waals surface area (Å²) in [5.41, 5.74) is 2.29. The minimum absolute atomic E-state index is 0.247. The number of aromatic nitrogens is 2. The van der Waals surface area contributed by atoms with Crippen molar-refractivity contribution in [1.82, 2.24) is 9.97 Å². The van der Waals surface area contributed by atoms with Crippen molar-refractivity contribution in [2.75, 3.05) is 24.9 Å². The number of nitrogens with zero attached hydrogens (tertiary/aromatic N) is 2. The molecule has 1 aromatic carbocycles. The van der Waals surface area contributed by atoms with Crippen LogP contribution in [0.4, 0.5) is 16.0 Å². The number of hydrogen-bond acceptors (Lipinski definition) is 8. The van der Waals surface area contributed by atoms with Gasteiger partial charge in [-0.2, -0.15) is 0 Å². The van der Waals surface area contributed by atoms with Crippen LogP contribution in [0, 0.1) is 0 Å². The molecule has 0 saturated carbocycles. The number of anilines is 3. The standard InChI is InChI=1S/C19H20N4O3S2/c1-25-14-8-7-11(9-15(14)26-2)20-18-22-13(10-27-18)17(24)23-19-21-12-5-3-4-6-16(12)28-19/h7-10H,3-6H2,1-2H3,(H,20,22)(H,21,23,24). The lowest BCUT2D eigenvalue weighted by Gasteiger charge is -2.09. The maximum absolute atomic E-state index is 12.5. The van der Waals surface area contributed by atoms with Crippen molar-refractivity contribution in [2.45, 2.75) is 25.7 Å². The third kappa shape index (κ3) is 3.95. The zero-order valence-corrected chi connectivity index (χ0v) is 17.2. The maximum Gasteiger partial charge on any atom is 0.276 e. The SMILES string of the molecule is COc1ccc(Nc2nc(C(=O)Nc3nc4c(s3)CCCC4)cs2)cc1OC. The Kier molecular flexibility index (Phi) is 5.45. The zero-order chi connectivity index (χ0) is 19.5. The first-order valence-electron chi connectivity index (χ1n) is 8.91. The Morgan fingerprint density at radius 2 is 1.89 bits per heavy atom. The predicted molar refractivity (Wildman–Crippen MR) is 112 cm³/mol. The number of carbonyl (C=O) groups excluding carboxylic acids is 1. The van der Waals surface area contributed by atoms with E-state index in [-0.39, 0.29) is 5.91 Å². The van der Waals surface area contributed by atoms with Crippen molar-refractivity contribution < 1.29 is 14.3 Å². The summed E-state index contributed by atoms with van der Waals surface area (Å²) >= 11 is 2.93. The zero-order valence-electron chi connectivity index (χ0n) is 15.6. The third-order valence-corrected chi connectivity index (χ3v) is 6.27. The number of ether oxygens (including phenoxy) is 2. The third-order valence-electron chi connectivity index (χ3n) is 4.44. The van der Waals surface area contributed by atoms with Crippen LogP contribution in [0.2, 0.25) is 0 Å². The highest BCUT2D eigenvalue weighted by molar-refractivity contribution is 7.16. The molecular weight excluding hydrogens is 396 g/mol. The van der Waals surface area contributed by atoms with Crippen LogP contribution in [0.3, 0.4) is 0 Å². The molecule has 1 amide bonds. The van der Waals surface area contributed by atoms with Gasteiger partial charge in [0.1, 0.15) is 5.69 Å². The van der Waals surface area contributed by atoms with Gasteiger partial charge in [-0.1, -0.05) is 0 Å². The van der Waals surface area contributed by atoms with Gasteiger partial charge in [0, 0.05) is 22.0 Å². The monoisotopic (exact) mass is 416 g/mol. The molecule has 0 radical (unpaired) electrons. The number of thiazole rings is 2. The normalized spacial score (nSPS) is 12.9. The fraction of sp³-hybridized carbons (Fsp3) is 0.316. The predicted octanol–water partition coefficient (Wildman–Crippen LogP) is 4.49. The van der Waals surface area contributed by atoms with Gasteiger partial charge in [0.05, 0.1) is 19.9 Å². The van der Waals surface area contributed by atoms with Gasteiger partial charge in [0.2, 0.25) is 0 Å². The number of amides is 1. The average molecular weight is 417 g/mol. The molecule has 2 heterocycles. The van der Waals surface area contributed by atoms with Crippen molar-refractivity contribution in [3.05, 3.63) is 39.8 Å². The van der Waals surface area contributed by atoms with Gasteiger partial charge < -0.3 is 14.8 Å². The molecule has 0 bridgehead atoms. The molecule has 0 atom stereocenters. The van der Waals surface area contributed by atoms with Crippen LogP contribution >= 0.6 is 22.7 Å². The van der Waals surface area contributed by atoms with E-state index in [1.165, 1.54) is 29.1 Å². The molecule has 4 rings (SSSR count). The number of fused-ring (bicyclic) bond motifs is 1. The van der Waals surface area contributed by atoms with Crippen LogP contribution in [-0.2, 0) is 12.8 Å². The van der Waals surface area contributed by atoms with E-state index in [2.05, 4.69) is 20.6 Å². The Balaban J connectivity index is 1.43. The summed E-state index contributed by atoms with van der Waals surface area (Å²) in [6.45, 7) is 0. The average Bonchev–Trinajstić information content (AvgIpc) is 3.34. The molecule has 1 aliphatic rings. The summed E-state index contributed by atoms with van der Waals surface area (Å²) < 4.78 is 10.5. The molecule has 0 saturated heterocycles. The minimum atomic E-state index is -0.247. The molecule has 0 unspecified atom stereocenters. The van der Waals surface area contributed by atoms with Crippen molar-refractivity contribution >= 4 is 44.5 Å². The van der Waals surface area contributed by atoms with Gasteiger partial charge >= 0.3 is 0 Å². The first-order chi connectivity index (χ1) is 13.7. The number of methoxy groups -OCH3 is 2. The number of rotatable bonds is 6. The van der Waals surface area contributed by atoms with Crippen LogP contribution in [-0.4, -0.2) is 30.1 Å². The smallest absolute Gasteiger partial charge is 0.276 e. The van der Waals surface area contributed by atoms with Crippen LogP contribution in [0.15, 0.2) is 23.6 Å². The molecule has 2 aromatic heterocycles.